The highest BCUT2D eigenvalue weighted by Gasteiger charge is 2.29. The van der Waals surface area contributed by atoms with Gasteiger partial charge < -0.3 is 14.8 Å². The summed E-state index contributed by atoms with van der Waals surface area (Å²) in [7, 11) is -4.95. The molecule has 9 nitrogen and oxygen atoms in total. The van der Waals surface area contributed by atoms with Crippen LogP contribution in [0.4, 0.5) is 16.4 Å². The molecule has 1 atom stereocenters. The maximum Gasteiger partial charge on any atom is 0.442 e. The van der Waals surface area contributed by atoms with Crippen molar-refractivity contribution in [3.8, 4) is 0 Å². The number of hydrogen-bond donors (Lipinski definition) is 1. The highest BCUT2D eigenvalue weighted by molar-refractivity contribution is 7.93. The summed E-state index contributed by atoms with van der Waals surface area (Å²) >= 11 is 0. The minimum absolute atomic E-state index is 0.0109. The van der Waals surface area contributed by atoms with Gasteiger partial charge in [0.15, 0.2) is 0 Å². The van der Waals surface area contributed by atoms with Crippen molar-refractivity contribution in [2.75, 3.05) is 11.9 Å². The molecule has 0 fully saturated rings. The first-order chi connectivity index (χ1) is 21.7. The Morgan fingerprint density at radius 1 is 0.956 bits per heavy atom. The van der Waals surface area contributed by atoms with E-state index in [1.165, 1.54) is 26.9 Å². The molecule has 45 heavy (non-hydrogen) atoms. The molecule has 0 aliphatic heterocycles. The van der Waals surface area contributed by atoms with Crippen molar-refractivity contribution in [3.63, 3.8) is 0 Å². The maximum atomic E-state index is 15.0. The van der Waals surface area contributed by atoms with E-state index in [2.05, 4.69) is 35.4 Å². The summed E-state index contributed by atoms with van der Waals surface area (Å²) in [6, 6.07) is 21.4. The molecule has 1 unspecified atom stereocenters. The molecule has 2 aliphatic rings. The number of ether oxygens (including phenoxy) is 2. The lowest BCUT2D eigenvalue weighted by Gasteiger charge is -2.16. The van der Waals surface area contributed by atoms with E-state index in [0.29, 0.717) is 17.5 Å². The molecule has 0 radical (unpaired) electrons. The number of fused-ring (bicyclic) bond motifs is 2. The molecule has 0 saturated carbocycles. The molecule has 6 rings (SSSR count). The van der Waals surface area contributed by atoms with Crippen LogP contribution in [0, 0.1) is 0 Å². The van der Waals surface area contributed by atoms with Crippen LogP contribution < -0.4 is 5.32 Å². The highest BCUT2D eigenvalue weighted by atomic mass is 32.2. The maximum absolute atomic E-state index is 15.0. The van der Waals surface area contributed by atoms with Gasteiger partial charge in [0.1, 0.15) is 23.1 Å². The molecule has 0 bridgehead atoms. The van der Waals surface area contributed by atoms with Gasteiger partial charge in [-0.1, -0.05) is 74.2 Å². The van der Waals surface area contributed by atoms with Crippen molar-refractivity contribution in [2.24, 2.45) is 4.36 Å². The molecule has 1 amide bonds. The summed E-state index contributed by atoms with van der Waals surface area (Å²) in [5.74, 6) is 0.310. The number of anilines is 2. The predicted molar refractivity (Wildman–Crippen MR) is 178 cm³/mol. The Morgan fingerprint density at radius 3 is 2.24 bits per heavy atom. The van der Waals surface area contributed by atoms with Gasteiger partial charge in [-0.2, -0.15) is 4.98 Å². The SMILES string of the molecule is C[Si](C)(C)CCOCn1nc(Nc2c3c(cc4c2CCC4)CCC3)nc1S(=O)(=NC(=O)OCc1ccccc1)c1ccccc1. The summed E-state index contributed by atoms with van der Waals surface area (Å²) in [5, 5.41) is 8.35. The van der Waals surface area contributed by atoms with E-state index in [4.69, 9.17) is 19.6 Å². The second-order valence-corrected chi connectivity index (χ2v) is 20.6. The predicted octanol–water partition coefficient (Wildman–Crippen LogP) is 7.53. The number of nitrogens with zero attached hydrogens (tertiary/aromatic N) is 4. The first-order valence-corrected chi connectivity index (χ1v) is 20.9. The Morgan fingerprint density at radius 2 is 1.60 bits per heavy atom. The summed E-state index contributed by atoms with van der Waals surface area (Å²) in [6.07, 6.45) is 5.45. The van der Waals surface area contributed by atoms with Crippen LogP contribution in [-0.4, -0.2) is 39.7 Å². The highest BCUT2D eigenvalue weighted by Crippen LogP contribution is 2.40. The smallest absolute Gasteiger partial charge is 0.442 e. The fourth-order valence-corrected chi connectivity index (χ4v) is 8.47. The van der Waals surface area contributed by atoms with E-state index in [-0.39, 0.29) is 18.5 Å². The van der Waals surface area contributed by atoms with Gasteiger partial charge in [0.25, 0.3) is 0 Å². The lowest BCUT2D eigenvalue weighted by atomic mass is 9.99. The normalized spacial score (nSPS) is 15.3. The lowest BCUT2D eigenvalue weighted by molar-refractivity contribution is 0.0717. The van der Waals surface area contributed by atoms with Gasteiger partial charge in [0.05, 0.1) is 4.90 Å². The number of benzene rings is 3. The van der Waals surface area contributed by atoms with Gasteiger partial charge in [-0.3, -0.25) is 0 Å². The van der Waals surface area contributed by atoms with E-state index in [9.17, 15) is 9.00 Å². The third-order valence-corrected chi connectivity index (χ3v) is 12.1. The van der Waals surface area contributed by atoms with Crippen molar-refractivity contribution in [1.82, 2.24) is 14.8 Å². The molecular weight excluding hydrogens is 603 g/mol. The van der Waals surface area contributed by atoms with Crippen molar-refractivity contribution >= 4 is 35.5 Å². The van der Waals surface area contributed by atoms with Crippen LogP contribution >= 0.6 is 0 Å². The van der Waals surface area contributed by atoms with Crippen LogP contribution in [-0.2, 0) is 58.2 Å². The monoisotopic (exact) mass is 643 g/mol. The minimum Gasteiger partial charge on any atom is -0.443 e. The molecule has 1 N–H and O–H groups in total. The molecule has 11 heteroatoms. The van der Waals surface area contributed by atoms with Crippen LogP contribution in [0.3, 0.4) is 0 Å². The zero-order chi connectivity index (χ0) is 31.4. The standard InChI is InChI=1S/C34H41N5O4SSi/c1-45(2,3)21-20-42-24-39-33(36-32(37-39)35-31-29-18-10-14-26(29)22-27-15-11-19-30(27)31)44(41,28-16-8-5-9-17-28)38-34(40)43-23-25-12-6-4-7-13-25/h4-9,12-13,16-17,22H,10-11,14-15,18-21,23-24H2,1-3H3,(H,35,37). The number of carbonyl (C=O) groups is 1. The Kier molecular flexibility index (Phi) is 9.20. The summed E-state index contributed by atoms with van der Waals surface area (Å²) in [6.45, 7) is 7.45. The van der Waals surface area contributed by atoms with Crippen LogP contribution in [0.5, 0.6) is 0 Å². The third kappa shape index (κ3) is 7.21. The van der Waals surface area contributed by atoms with Gasteiger partial charge in [-0.05, 0) is 84.5 Å². The molecular formula is C34H41N5O4SSi. The lowest BCUT2D eigenvalue weighted by Crippen LogP contribution is -2.22. The van der Waals surface area contributed by atoms with Crippen LogP contribution in [0.25, 0.3) is 0 Å². The average molecular weight is 644 g/mol. The summed E-state index contributed by atoms with van der Waals surface area (Å²) in [4.78, 5) is 18.3. The Bertz CT molecular complexity index is 1760. The molecule has 0 spiro atoms. The molecule has 1 heterocycles. The van der Waals surface area contributed by atoms with Gasteiger partial charge in [0, 0.05) is 20.4 Å². The second-order valence-electron chi connectivity index (χ2n) is 12.9. The molecule has 2 aliphatic carbocycles. The van der Waals surface area contributed by atoms with Crippen molar-refractivity contribution in [2.45, 2.75) is 87.6 Å². The van der Waals surface area contributed by atoms with Gasteiger partial charge in [-0.15, -0.1) is 9.46 Å². The fraction of sp³-hybridized carbons (Fsp3) is 0.382. The zero-order valence-electron chi connectivity index (χ0n) is 26.3. The van der Waals surface area contributed by atoms with Crippen molar-refractivity contribution in [3.05, 3.63) is 94.5 Å². The van der Waals surface area contributed by atoms with Crippen LogP contribution in [0.2, 0.25) is 25.7 Å². The van der Waals surface area contributed by atoms with E-state index in [1.54, 1.807) is 24.3 Å². The molecule has 1 aromatic heterocycles. The van der Waals surface area contributed by atoms with Gasteiger partial charge in [-0.25, -0.2) is 13.7 Å². The second kappa shape index (κ2) is 13.3. The topological polar surface area (TPSA) is 108 Å². The average Bonchev–Trinajstić information content (AvgIpc) is 3.79. The Balaban J connectivity index is 1.39. The number of hydrogen-bond acceptors (Lipinski definition) is 7. The van der Waals surface area contributed by atoms with E-state index in [0.717, 1.165) is 55.8 Å². The zero-order valence-corrected chi connectivity index (χ0v) is 28.1. The molecule has 4 aromatic rings. The molecule has 3 aromatic carbocycles. The fourth-order valence-electron chi connectivity index (χ4n) is 5.93. The molecule has 0 saturated heterocycles. The van der Waals surface area contributed by atoms with E-state index < -0.39 is 23.9 Å². The first-order valence-electron chi connectivity index (χ1n) is 15.7. The molecule has 236 valence electrons. The number of amides is 1. The quantitative estimate of drug-likeness (QED) is 0.133. The van der Waals surface area contributed by atoms with Gasteiger partial charge in [0.2, 0.25) is 11.1 Å². The number of carbonyl (C=O) groups excluding carboxylic acids is 1. The van der Waals surface area contributed by atoms with Crippen LogP contribution in [0.15, 0.2) is 81.1 Å². The third-order valence-electron chi connectivity index (χ3n) is 8.28. The van der Waals surface area contributed by atoms with E-state index in [1.807, 2.05) is 36.4 Å². The van der Waals surface area contributed by atoms with Gasteiger partial charge >= 0.3 is 6.09 Å². The number of aryl methyl sites for hydroxylation is 2. The number of rotatable bonds is 11. The summed E-state index contributed by atoms with van der Waals surface area (Å²) < 4.78 is 32.2. The largest absolute Gasteiger partial charge is 0.443 e. The van der Waals surface area contributed by atoms with E-state index >= 15 is 0 Å². The summed E-state index contributed by atoms with van der Waals surface area (Å²) in [5.41, 5.74) is 7.29. The first kappa shape index (κ1) is 31.2. The van der Waals surface area contributed by atoms with Crippen molar-refractivity contribution in [1.29, 1.82) is 0 Å². The number of aromatic nitrogens is 3. The van der Waals surface area contributed by atoms with Crippen molar-refractivity contribution < 1.29 is 18.5 Å². The Labute approximate surface area is 266 Å². The Hall–Kier alpha value is -3.80. The minimum atomic E-state index is -3.61. The number of nitrogens with one attached hydrogen (secondary N) is 1. The van der Waals surface area contributed by atoms with Crippen LogP contribution in [0.1, 0.15) is 40.7 Å².